The van der Waals surface area contributed by atoms with Crippen LogP contribution >= 0.6 is 11.6 Å². The third-order valence-corrected chi connectivity index (χ3v) is 3.93. The smallest absolute Gasteiger partial charge is 0.387 e. The largest absolute Gasteiger partial charge is 0.493 e. The zero-order chi connectivity index (χ0) is 19.1. The summed E-state index contributed by atoms with van der Waals surface area (Å²) in [5.74, 6) is -0.381. The van der Waals surface area contributed by atoms with Gasteiger partial charge in [-0.15, -0.1) is 0 Å². The zero-order valence-electron chi connectivity index (χ0n) is 14.2. The first-order chi connectivity index (χ1) is 12.4. The van der Waals surface area contributed by atoms with Gasteiger partial charge in [0.15, 0.2) is 11.5 Å². The van der Waals surface area contributed by atoms with Crippen molar-refractivity contribution < 1.29 is 23.0 Å². The summed E-state index contributed by atoms with van der Waals surface area (Å²) in [6.07, 6.45) is 2.62. The van der Waals surface area contributed by atoms with Gasteiger partial charge in [0.05, 0.1) is 13.2 Å². The van der Waals surface area contributed by atoms with Crippen molar-refractivity contribution in [2.75, 3.05) is 7.11 Å². The number of para-hydroxylation sites is 1. The standard InChI is InChI=1S/C19H18ClF2NO3/c1-12(14-7-3-4-8-15(14)20)23-17(24)11-10-13-6-5-9-16(25-2)18(13)26-19(21)22/h3-12,19H,1-2H3,(H,23,24)/b11-10+. The van der Waals surface area contributed by atoms with E-state index >= 15 is 0 Å². The number of nitrogens with one attached hydrogen (secondary N) is 1. The summed E-state index contributed by atoms with van der Waals surface area (Å²) in [6, 6.07) is 11.5. The van der Waals surface area contributed by atoms with Crippen LogP contribution in [0.3, 0.4) is 0 Å². The molecule has 0 saturated heterocycles. The van der Waals surface area contributed by atoms with E-state index in [1.165, 1.54) is 25.3 Å². The molecule has 1 N–H and O–H groups in total. The van der Waals surface area contributed by atoms with Crippen LogP contribution in [0.5, 0.6) is 11.5 Å². The van der Waals surface area contributed by atoms with Crippen LogP contribution in [0.25, 0.3) is 6.08 Å². The highest BCUT2D eigenvalue weighted by Gasteiger charge is 2.15. The second-order valence-corrected chi connectivity index (χ2v) is 5.75. The molecule has 1 atom stereocenters. The Hall–Kier alpha value is -2.60. The maximum atomic E-state index is 12.6. The van der Waals surface area contributed by atoms with E-state index in [1.807, 2.05) is 12.1 Å². The molecule has 7 heteroatoms. The summed E-state index contributed by atoms with van der Waals surface area (Å²) in [5, 5.41) is 3.31. The number of halogens is 3. The van der Waals surface area contributed by atoms with Gasteiger partial charge in [0.1, 0.15) is 0 Å². The van der Waals surface area contributed by atoms with E-state index in [1.54, 1.807) is 31.2 Å². The van der Waals surface area contributed by atoms with Crippen LogP contribution in [0.4, 0.5) is 8.78 Å². The molecule has 2 rings (SSSR count). The number of hydrogen-bond donors (Lipinski definition) is 1. The zero-order valence-corrected chi connectivity index (χ0v) is 15.0. The first-order valence-corrected chi connectivity index (χ1v) is 8.15. The maximum absolute atomic E-state index is 12.6. The molecular weight excluding hydrogens is 364 g/mol. The van der Waals surface area contributed by atoms with Gasteiger partial charge in [-0.05, 0) is 30.7 Å². The fourth-order valence-corrected chi connectivity index (χ4v) is 2.67. The molecule has 0 heterocycles. The molecule has 0 bridgehead atoms. The fraction of sp³-hybridized carbons (Fsp3) is 0.211. The molecule has 0 aliphatic carbocycles. The van der Waals surface area contributed by atoms with E-state index in [2.05, 4.69) is 10.1 Å². The van der Waals surface area contributed by atoms with Crippen LogP contribution in [-0.4, -0.2) is 19.6 Å². The maximum Gasteiger partial charge on any atom is 0.387 e. The number of amides is 1. The minimum Gasteiger partial charge on any atom is -0.493 e. The van der Waals surface area contributed by atoms with Gasteiger partial charge in [0, 0.05) is 16.7 Å². The van der Waals surface area contributed by atoms with Gasteiger partial charge in [-0.2, -0.15) is 8.78 Å². The summed E-state index contributed by atoms with van der Waals surface area (Å²) in [6.45, 7) is -1.21. The van der Waals surface area contributed by atoms with E-state index in [0.717, 1.165) is 5.56 Å². The third kappa shape index (κ3) is 5.20. The van der Waals surface area contributed by atoms with Crippen molar-refractivity contribution in [3.05, 3.63) is 64.7 Å². The number of carbonyl (C=O) groups excluding carboxylic acids is 1. The highest BCUT2D eigenvalue weighted by molar-refractivity contribution is 6.31. The lowest BCUT2D eigenvalue weighted by Crippen LogP contribution is -2.24. The van der Waals surface area contributed by atoms with Crippen molar-refractivity contribution in [3.63, 3.8) is 0 Å². The Morgan fingerprint density at radius 3 is 2.58 bits per heavy atom. The van der Waals surface area contributed by atoms with Crippen LogP contribution < -0.4 is 14.8 Å². The molecule has 1 amide bonds. The van der Waals surface area contributed by atoms with Crippen molar-refractivity contribution in [3.8, 4) is 11.5 Å². The normalized spacial score (nSPS) is 12.2. The van der Waals surface area contributed by atoms with Crippen LogP contribution in [0.15, 0.2) is 48.5 Å². The lowest BCUT2D eigenvalue weighted by atomic mass is 10.1. The molecule has 0 fully saturated rings. The Labute approximate surface area is 155 Å². The predicted octanol–water partition coefficient (Wildman–Crippen LogP) is 4.84. The monoisotopic (exact) mass is 381 g/mol. The van der Waals surface area contributed by atoms with Gasteiger partial charge >= 0.3 is 6.61 Å². The summed E-state index contributed by atoms with van der Waals surface area (Å²) in [7, 11) is 1.35. The van der Waals surface area contributed by atoms with E-state index in [-0.39, 0.29) is 17.5 Å². The number of methoxy groups -OCH3 is 1. The molecule has 4 nitrogen and oxygen atoms in total. The summed E-state index contributed by atoms with van der Waals surface area (Å²) >= 11 is 6.11. The molecule has 0 aromatic heterocycles. The number of ether oxygens (including phenoxy) is 2. The van der Waals surface area contributed by atoms with Gasteiger partial charge in [-0.1, -0.05) is 41.9 Å². The number of carbonyl (C=O) groups is 1. The van der Waals surface area contributed by atoms with Gasteiger partial charge in [-0.3, -0.25) is 4.79 Å². The first kappa shape index (κ1) is 19.7. The van der Waals surface area contributed by atoms with Gasteiger partial charge < -0.3 is 14.8 Å². The Bertz CT molecular complexity index is 796. The summed E-state index contributed by atoms with van der Waals surface area (Å²) in [5.41, 5.74) is 1.07. The third-order valence-electron chi connectivity index (χ3n) is 3.58. The van der Waals surface area contributed by atoms with E-state index in [4.69, 9.17) is 16.3 Å². The van der Waals surface area contributed by atoms with Gasteiger partial charge in [0.2, 0.25) is 5.91 Å². The predicted molar refractivity (Wildman–Crippen MR) is 96.7 cm³/mol. The highest BCUT2D eigenvalue weighted by atomic mass is 35.5. The lowest BCUT2D eigenvalue weighted by molar-refractivity contribution is -0.117. The molecule has 2 aromatic carbocycles. The second-order valence-electron chi connectivity index (χ2n) is 5.34. The van der Waals surface area contributed by atoms with Crippen LogP contribution in [-0.2, 0) is 4.79 Å². The Morgan fingerprint density at radius 1 is 1.19 bits per heavy atom. The number of rotatable bonds is 7. The van der Waals surface area contributed by atoms with Crippen molar-refractivity contribution in [2.24, 2.45) is 0 Å². The van der Waals surface area contributed by atoms with E-state index in [0.29, 0.717) is 10.6 Å². The number of alkyl halides is 2. The number of benzene rings is 2. The van der Waals surface area contributed by atoms with E-state index < -0.39 is 12.5 Å². The fourth-order valence-electron chi connectivity index (χ4n) is 2.37. The molecule has 0 spiro atoms. The Kier molecular flexibility index (Phi) is 6.97. The Balaban J connectivity index is 2.14. The molecular formula is C19H18ClF2NO3. The van der Waals surface area contributed by atoms with Crippen molar-refractivity contribution >= 4 is 23.6 Å². The molecule has 2 aromatic rings. The average molecular weight is 382 g/mol. The van der Waals surface area contributed by atoms with Gasteiger partial charge in [0.25, 0.3) is 0 Å². The minimum absolute atomic E-state index is 0.131. The molecule has 0 radical (unpaired) electrons. The molecule has 0 saturated carbocycles. The summed E-state index contributed by atoms with van der Waals surface area (Å²) in [4.78, 5) is 12.1. The summed E-state index contributed by atoms with van der Waals surface area (Å²) < 4.78 is 34.8. The van der Waals surface area contributed by atoms with Crippen LogP contribution in [0.1, 0.15) is 24.1 Å². The molecule has 138 valence electrons. The molecule has 0 aliphatic heterocycles. The topological polar surface area (TPSA) is 47.6 Å². The van der Waals surface area contributed by atoms with Gasteiger partial charge in [-0.25, -0.2) is 0 Å². The Morgan fingerprint density at radius 2 is 1.92 bits per heavy atom. The minimum atomic E-state index is -3.01. The van der Waals surface area contributed by atoms with Crippen LogP contribution in [0.2, 0.25) is 5.02 Å². The molecule has 0 aliphatic rings. The average Bonchev–Trinajstić information content (AvgIpc) is 2.60. The highest BCUT2D eigenvalue weighted by Crippen LogP contribution is 2.33. The SMILES string of the molecule is COc1cccc(/C=C/C(=O)NC(C)c2ccccc2Cl)c1OC(F)F. The van der Waals surface area contributed by atoms with Crippen molar-refractivity contribution in [1.29, 1.82) is 0 Å². The second kappa shape index (κ2) is 9.20. The first-order valence-electron chi connectivity index (χ1n) is 7.77. The number of hydrogen-bond acceptors (Lipinski definition) is 3. The van der Waals surface area contributed by atoms with Crippen molar-refractivity contribution in [2.45, 2.75) is 19.6 Å². The quantitative estimate of drug-likeness (QED) is 0.698. The molecule has 1 unspecified atom stereocenters. The van der Waals surface area contributed by atoms with E-state index in [9.17, 15) is 13.6 Å². The van der Waals surface area contributed by atoms with Crippen LogP contribution in [0, 0.1) is 0 Å². The lowest BCUT2D eigenvalue weighted by Gasteiger charge is -2.14. The molecule has 26 heavy (non-hydrogen) atoms. The van der Waals surface area contributed by atoms with Crippen molar-refractivity contribution in [1.82, 2.24) is 5.32 Å².